The Hall–Kier alpha value is -3.67. The fourth-order valence-electron chi connectivity index (χ4n) is 4.00. The van der Waals surface area contributed by atoms with Gasteiger partial charge in [-0.1, -0.05) is 107 Å². The molecule has 0 unspecified atom stereocenters. The van der Waals surface area contributed by atoms with E-state index in [1.165, 1.54) is 12.3 Å². The number of nitrogens with zero attached hydrogens (tertiary/aromatic N) is 1. The third-order valence-electron chi connectivity index (χ3n) is 5.50. The lowest BCUT2D eigenvalue weighted by Crippen LogP contribution is -2.40. The van der Waals surface area contributed by atoms with Crippen LogP contribution in [0.1, 0.15) is 63.8 Å². The predicted octanol–water partition coefficient (Wildman–Crippen LogP) is 9.25. The molecule has 0 atom stereocenters. The smallest absolute Gasteiger partial charge is 0.352 e. The molecule has 0 radical (unpaired) electrons. The van der Waals surface area contributed by atoms with Gasteiger partial charge < -0.3 is 5.32 Å². The summed E-state index contributed by atoms with van der Waals surface area (Å²) in [5, 5.41) is 11.2. The molecule has 2 N–H and O–H groups in total. The highest BCUT2D eigenvalue weighted by Crippen LogP contribution is 2.42. The van der Waals surface area contributed by atoms with Gasteiger partial charge in [-0.25, -0.2) is 4.98 Å². The molecule has 2 aromatic carbocycles. The fourth-order valence-corrected chi connectivity index (χ4v) is 4.00. The normalized spacial score (nSPS) is 11.7. The second kappa shape index (κ2) is 14.8. The Morgan fingerprint density at radius 1 is 0.838 bits per heavy atom. The highest BCUT2D eigenvalue weighted by molar-refractivity contribution is 6.07. The van der Waals surface area contributed by atoms with Crippen LogP contribution < -0.4 is 5.32 Å². The molecular formula is C31H38F3N3. The SMILES string of the molecule is C/C=C\C(=C/C)C(Nc1nccc(C)c1C(=N)C(F)(F)F)(c1ccccc1)c1ccccc1.CC.CC. The topological polar surface area (TPSA) is 48.8 Å². The van der Waals surface area contributed by atoms with Gasteiger partial charge >= 0.3 is 6.18 Å². The number of nitrogens with one attached hydrogen (secondary N) is 2. The zero-order valence-electron chi connectivity index (χ0n) is 22.7. The van der Waals surface area contributed by atoms with E-state index in [-0.39, 0.29) is 11.4 Å². The first-order valence-corrected chi connectivity index (χ1v) is 12.6. The van der Waals surface area contributed by atoms with E-state index in [9.17, 15) is 13.2 Å². The number of benzene rings is 2. The van der Waals surface area contributed by atoms with E-state index in [4.69, 9.17) is 5.41 Å². The quantitative estimate of drug-likeness (QED) is 0.246. The Morgan fingerprint density at radius 3 is 1.73 bits per heavy atom. The summed E-state index contributed by atoms with van der Waals surface area (Å²) in [5.41, 5.74) is 0.0555. The summed E-state index contributed by atoms with van der Waals surface area (Å²) in [6, 6.07) is 20.5. The maximum atomic E-state index is 13.6. The van der Waals surface area contributed by atoms with Crippen molar-refractivity contribution in [2.75, 3.05) is 5.32 Å². The number of aromatic nitrogens is 1. The van der Waals surface area contributed by atoms with Crippen LogP contribution in [0.3, 0.4) is 0 Å². The van der Waals surface area contributed by atoms with Gasteiger partial charge in [0.15, 0.2) is 0 Å². The van der Waals surface area contributed by atoms with Crippen LogP contribution in [-0.2, 0) is 5.54 Å². The summed E-state index contributed by atoms with van der Waals surface area (Å²) in [6.45, 7) is 13.3. The number of hydrogen-bond donors (Lipinski definition) is 2. The van der Waals surface area contributed by atoms with E-state index in [1.807, 2.05) is 120 Å². The number of halogens is 3. The summed E-state index contributed by atoms with van der Waals surface area (Å²) in [4.78, 5) is 4.28. The van der Waals surface area contributed by atoms with Crippen molar-refractivity contribution < 1.29 is 13.2 Å². The predicted molar refractivity (Wildman–Crippen MR) is 150 cm³/mol. The summed E-state index contributed by atoms with van der Waals surface area (Å²) >= 11 is 0. The third-order valence-corrected chi connectivity index (χ3v) is 5.50. The Morgan fingerprint density at radius 2 is 1.32 bits per heavy atom. The maximum Gasteiger partial charge on any atom is 0.433 e. The largest absolute Gasteiger partial charge is 0.433 e. The molecule has 37 heavy (non-hydrogen) atoms. The van der Waals surface area contributed by atoms with E-state index in [0.717, 1.165) is 16.7 Å². The van der Waals surface area contributed by atoms with E-state index in [2.05, 4.69) is 10.3 Å². The van der Waals surface area contributed by atoms with Crippen molar-refractivity contribution in [3.63, 3.8) is 0 Å². The highest BCUT2D eigenvalue weighted by atomic mass is 19.4. The van der Waals surface area contributed by atoms with Crippen molar-refractivity contribution in [2.45, 2.75) is 60.2 Å². The minimum atomic E-state index is -4.81. The van der Waals surface area contributed by atoms with Crippen LogP contribution in [0.25, 0.3) is 0 Å². The Bertz CT molecular complexity index is 1130. The molecule has 0 aliphatic rings. The molecule has 3 rings (SSSR count). The first-order chi connectivity index (χ1) is 17.8. The molecule has 0 aliphatic carbocycles. The molecule has 0 bridgehead atoms. The number of rotatable bonds is 7. The van der Waals surface area contributed by atoms with E-state index in [1.54, 1.807) is 6.92 Å². The van der Waals surface area contributed by atoms with Gasteiger partial charge in [0.2, 0.25) is 0 Å². The van der Waals surface area contributed by atoms with Gasteiger partial charge in [0, 0.05) is 11.8 Å². The van der Waals surface area contributed by atoms with Crippen LogP contribution >= 0.6 is 0 Å². The molecule has 0 spiro atoms. The van der Waals surface area contributed by atoms with Gasteiger partial charge in [-0.15, -0.1) is 0 Å². The summed E-state index contributed by atoms with van der Waals surface area (Å²) in [7, 11) is 0. The summed E-state index contributed by atoms with van der Waals surface area (Å²) in [5.74, 6) is -0.00566. The molecular weight excluding hydrogens is 471 g/mol. The molecule has 0 saturated carbocycles. The lowest BCUT2D eigenvalue weighted by molar-refractivity contribution is -0.0587. The number of pyridine rings is 1. The zero-order valence-corrected chi connectivity index (χ0v) is 22.7. The van der Waals surface area contributed by atoms with Gasteiger partial charge in [-0.2, -0.15) is 13.2 Å². The van der Waals surface area contributed by atoms with Crippen LogP contribution in [-0.4, -0.2) is 16.9 Å². The molecule has 6 heteroatoms. The van der Waals surface area contributed by atoms with Gasteiger partial charge in [-0.05, 0) is 49.1 Å². The monoisotopic (exact) mass is 509 g/mol. The molecule has 3 nitrogen and oxygen atoms in total. The number of allylic oxidation sites excluding steroid dienone is 2. The molecule has 0 fully saturated rings. The lowest BCUT2D eigenvalue weighted by atomic mass is 9.76. The molecule has 0 saturated heterocycles. The minimum Gasteiger partial charge on any atom is -0.352 e. The van der Waals surface area contributed by atoms with Gasteiger partial charge in [0.1, 0.15) is 17.1 Å². The second-order valence-corrected chi connectivity index (χ2v) is 7.58. The Labute approximate surface area is 219 Å². The number of aryl methyl sites for hydroxylation is 1. The fraction of sp³-hybridized carbons (Fsp3) is 0.290. The molecule has 0 aliphatic heterocycles. The maximum absolute atomic E-state index is 13.6. The van der Waals surface area contributed by atoms with Crippen LogP contribution in [0.5, 0.6) is 0 Å². The van der Waals surface area contributed by atoms with Crippen LogP contribution in [0.2, 0.25) is 0 Å². The van der Waals surface area contributed by atoms with Crippen molar-refractivity contribution in [1.29, 1.82) is 5.41 Å². The standard InChI is InChI=1S/C27H26F3N3.2C2H6/c1-4-12-20(5-2)26(21-13-8-6-9-14-21,22-15-10-7-11-16-22)33-25-23(19(3)17-18-32-25)24(31)27(28,29)30;2*1-2/h4-18,31H,1-3H3,(H,32,33);2*1-2H3/b12-4-,20-5+,31-24?;;. The number of hydrogen-bond acceptors (Lipinski definition) is 3. The summed E-state index contributed by atoms with van der Waals surface area (Å²) < 4.78 is 40.8. The van der Waals surface area contributed by atoms with E-state index in [0.29, 0.717) is 5.56 Å². The average molecular weight is 510 g/mol. The first kappa shape index (κ1) is 31.4. The summed E-state index contributed by atoms with van der Waals surface area (Å²) in [6.07, 6.45) is 2.39. The van der Waals surface area contributed by atoms with Gasteiger partial charge in [0.25, 0.3) is 0 Å². The van der Waals surface area contributed by atoms with Gasteiger partial charge in [0.05, 0.1) is 0 Å². The van der Waals surface area contributed by atoms with Crippen molar-refractivity contribution in [1.82, 2.24) is 4.98 Å². The van der Waals surface area contributed by atoms with Crippen molar-refractivity contribution in [2.24, 2.45) is 0 Å². The van der Waals surface area contributed by atoms with Gasteiger partial charge in [-0.3, -0.25) is 5.41 Å². The Balaban J connectivity index is 0.00000163. The number of alkyl halides is 3. The molecule has 198 valence electrons. The highest BCUT2D eigenvalue weighted by Gasteiger charge is 2.41. The lowest BCUT2D eigenvalue weighted by Gasteiger charge is -2.39. The van der Waals surface area contributed by atoms with Crippen molar-refractivity contribution in [3.05, 3.63) is 119 Å². The number of anilines is 1. The second-order valence-electron chi connectivity index (χ2n) is 7.58. The van der Waals surface area contributed by atoms with Crippen molar-refractivity contribution in [3.8, 4) is 0 Å². The van der Waals surface area contributed by atoms with E-state index >= 15 is 0 Å². The average Bonchev–Trinajstić information content (AvgIpc) is 2.93. The van der Waals surface area contributed by atoms with Crippen LogP contribution in [0, 0.1) is 12.3 Å². The first-order valence-electron chi connectivity index (χ1n) is 12.6. The molecule has 0 amide bonds. The van der Waals surface area contributed by atoms with E-state index < -0.39 is 17.4 Å². The minimum absolute atomic E-state index is 0.00566. The molecule has 1 aromatic heterocycles. The zero-order chi connectivity index (χ0) is 28.1. The van der Waals surface area contributed by atoms with Crippen LogP contribution in [0.15, 0.2) is 96.7 Å². The molecule has 1 heterocycles. The molecule has 3 aromatic rings. The third kappa shape index (κ3) is 7.19. The van der Waals surface area contributed by atoms with Crippen molar-refractivity contribution >= 4 is 11.5 Å². The Kier molecular flexibility index (Phi) is 12.5. The van der Waals surface area contributed by atoms with Crippen LogP contribution in [0.4, 0.5) is 19.0 Å².